The monoisotopic (exact) mass is 194 g/mol. The molecule has 0 unspecified atom stereocenters. The van der Waals surface area contributed by atoms with Gasteiger partial charge in [0.25, 0.3) is 0 Å². The van der Waals surface area contributed by atoms with Crippen LogP contribution < -0.4 is 0 Å². The molecule has 0 N–H and O–H groups in total. The van der Waals surface area contributed by atoms with E-state index in [1.165, 1.54) is 0 Å². The van der Waals surface area contributed by atoms with Crippen molar-refractivity contribution in [1.29, 1.82) is 0 Å². The van der Waals surface area contributed by atoms with Crippen molar-refractivity contribution in [1.82, 2.24) is 0 Å². The molecule has 0 fully saturated rings. The lowest BCUT2D eigenvalue weighted by molar-refractivity contribution is 0.612. The number of benzene rings is 1. The van der Waals surface area contributed by atoms with Gasteiger partial charge in [0.15, 0.2) is 10.7 Å². The summed E-state index contributed by atoms with van der Waals surface area (Å²) in [6.07, 6.45) is 0. The Morgan fingerprint density at radius 1 is 1.36 bits per heavy atom. The van der Waals surface area contributed by atoms with Gasteiger partial charge in [-0.2, -0.15) is 0 Å². The molecular weight excluding hydrogens is 191 g/mol. The third-order valence-corrected chi connectivity index (χ3v) is 2.33. The molecule has 5 heteroatoms. The van der Waals surface area contributed by atoms with E-state index in [0.29, 0.717) is 0 Å². The van der Waals surface area contributed by atoms with Gasteiger partial charge in [0, 0.05) is 0 Å². The summed E-state index contributed by atoms with van der Waals surface area (Å²) in [5.41, 5.74) is 0. The molecular formula is C6H4ClFO2S. The highest BCUT2D eigenvalue weighted by Gasteiger charge is 2.02. The van der Waals surface area contributed by atoms with E-state index in [1.54, 1.807) is 0 Å². The second-order valence-electron chi connectivity index (χ2n) is 1.85. The Balaban J connectivity index is 3.31. The predicted molar refractivity (Wildman–Crippen MR) is 40.0 cm³/mol. The van der Waals surface area contributed by atoms with Gasteiger partial charge >= 0.3 is 0 Å². The molecule has 2 nitrogen and oxygen atoms in total. The summed E-state index contributed by atoms with van der Waals surface area (Å²) < 4.78 is 33.1. The maximum Gasteiger partial charge on any atom is 0.169 e. The van der Waals surface area contributed by atoms with Crippen molar-refractivity contribution in [3.63, 3.8) is 0 Å². The Morgan fingerprint density at radius 2 is 2.00 bits per heavy atom. The van der Waals surface area contributed by atoms with Crippen LogP contribution in [-0.2, 0) is 10.7 Å². The molecule has 0 spiro atoms. The highest BCUT2D eigenvalue weighted by atomic mass is 35.5. The molecule has 0 amide bonds. The normalized spacial score (nSPS) is 10.5. The van der Waals surface area contributed by atoms with Gasteiger partial charge in [0.2, 0.25) is 0 Å². The Hall–Kier alpha value is -0.610. The second kappa shape index (κ2) is 3.19. The molecule has 0 aliphatic carbocycles. The van der Waals surface area contributed by atoms with Gasteiger partial charge < -0.3 is 0 Å². The third kappa shape index (κ3) is 1.91. The Morgan fingerprint density at radius 3 is 2.45 bits per heavy atom. The molecule has 0 bridgehead atoms. The molecule has 0 atom stereocenters. The van der Waals surface area contributed by atoms with Crippen LogP contribution in [0.3, 0.4) is 0 Å². The standard InChI is InChI=1S/C6H4ClFO2S/c7-5-3-4(8)1-2-6(5)11(9)10/h1-3,11H. The molecule has 0 saturated carbocycles. The number of hydrogen-bond acceptors (Lipinski definition) is 2. The zero-order chi connectivity index (χ0) is 8.43. The number of thiol groups is 1. The van der Waals surface area contributed by atoms with Crippen LogP contribution in [0.25, 0.3) is 0 Å². The first-order valence-corrected chi connectivity index (χ1v) is 4.26. The van der Waals surface area contributed by atoms with Crippen LogP contribution in [0.1, 0.15) is 0 Å². The largest absolute Gasteiger partial charge is 0.227 e. The second-order valence-corrected chi connectivity index (χ2v) is 3.26. The molecule has 1 aromatic rings. The Bertz CT molecular complexity index is 340. The van der Waals surface area contributed by atoms with Crippen molar-refractivity contribution >= 4 is 22.3 Å². The van der Waals surface area contributed by atoms with Crippen LogP contribution in [0.2, 0.25) is 5.02 Å². The van der Waals surface area contributed by atoms with Gasteiger partial charge in [0.1, 0.15) is 5.82 Å². The van der Waals surface area contributed by atoms with Gasteiger partial charge in [-0.05, 0) is 18.2 Å². The van der Waals surface area contributed by atoms with Crippen LogP contribution in [0, 0.1) is 5.82 Å². The summed E-state index contributed by atoms with van der Waals surface area (Å²) >= 11 is 5.40. The zero-order valence-corrected chi connectivity index (χ0v) is 6.90. The van der Waals surface area contributed by atoms with E-state index in [0.717, 1.165) is 18.2 Å². The molecule has 0 heterocycles. The van der Waals surface area contributed by atoms with Crippen LogP contribution in [0.4, 0.5) is 4.39 Å². The fraction of sp³-hybridized carbons (Fsp3) is 0. The Labute approximate surface area is 69.6 Å². The molecule has 0 aliphatic heterocycles. The molecule has 1 rings (SSSR count). The maximum absolute atomic E-state index is 12.3. The summed E-state index contributed by atoms with van der Waals surface area (Å²) in [5.74, 6) is -0.546. The third-order valence-electron chi connectivity index (χ3n) is 1.11. The number of rotatable bonds is 1. The minimum absolute atomic E-state index is 0.0527. The predicted octanol–water partition coefficient (Wildman–Crippen LogP) is 1.45. The summed E-state index contributed by atoms with van der Waals surface area (Å²) in [7, 11) is -2.73. The van der Waals surface area contributed by atoms with Gasteiger partial charge in [-0.1, -0.05) is 11.6 Å². The molecule has 0 aromatic heterocycles. The van der Waals surface area contributed by atoms with Crippen molar-refractivity contribution in [2.24, 2.45) is 0 Å². The van der Waals surface area contributed by atoms with Crippen molar-refractivity contribution in [2.45, 2.75) is 4.90 Å². The maximum atomic E-state index is 12.3. The number of hydrogen-bond donors (Lipinski definition) is 1. The molecule has 11 heavy (non-hydrogen) atoms. The molecule has 60 valence electrons. The highest BCUT2D eigenvalue weighted by molar-refractivity contribution is 7.72. The van der Waals surface area contributed by atoms with E-state index in [-0.39, 0.29) is 9.92 Å². The van der Waals surface area contributed by atoms with Crippen molar-refractivity contribution in [3.05, 3.63) is 29.0 Å². The summed E-state index contributed by atoms with van der Waals surface area (Å²) in [5, 5.41) is -0.0823. The van der Waals surface area contributed by atoms with Crippen molar-refractivity contribution in [2.75, 3.05) is 0 Å². The van der Waals surface area contributed by atoms with Gasteiger partial charge in [-0.25, -0.2) is 12.8 Å². The quantitative estimate of drug-likeness (QED) is 0.687. The van der Waals surface area contributed by atoms with Crippen molar-refractivity contribution in [3.8, 4) is 0 Å². The van der Waals surface area contributed by atoms with E-state index < -0.39 is 16.5 Å². The lowest BCUT2D eigenvalue weighted by Crippen LogP contribution is -1.83. The van der Waals surface area contributed by atoms with E-state index in [1.807, 2.05) is 0 Å². The van der Waals surface area contributed by atoms with Crippen LogP contribution >= 0.6 is 11.6 Å². The fourth-order valence-electron chi connectivity index (χ4n) is 0.629. The smallest absolute Gasteiger partial charge is 0.169 e. The first-order valence-electron chi connectivity index (χ1n) is 2.70. The average molecular weight is 195 g/mol. The van der Waals surface area contributed by atoms with Crippen LogP contribution in [0.5, 0.6) is 0 Å². The molecule has 0 aliphatic rings. The van der Waals surface area contributed by atoms with Gasteiger partial charge in [-0.3, -0.25) is 0 Å². The molecule has 0 radical (unpaired) electrons. The lowest BCUT2D eigenvalue weighted by Gasteiger charge is -1.93. The van der Waals surface area contributed by atoms with E-state index in [2.05, 4.69) is 0 Å². The van der Waals surface area contributed by atoms with Gasteiger partial charge in [0.05, 0.1) is 9.92 Å². The summed E-state index contributed by atoms with van der Waals surface area (Å²) in [4.78, 5) is -0.0527. The van der Waals surface area contributed by atoms with Crippen LogP contribution in [-0.4, -0.2) is 8.42 Å². The van der Waals surface area contributed by atoms with E-state index in [4.69, 9.17) is 11.6 Å². The van der Waals surface area contributed by atoms with Gasteiger partial charge in [-0.15, -0.1) is 0 Å². The minimum atomic E-state index is -2.73. The fourth-order valence-corrected chi connectivity index (χ4v) is 1.44. The van der Waals surface area contributed by atoms with E-state index >= 15 is 0 Å². The summed E-state index contributed by atoms with van der Waals surface area (Å²) in [6, 6.07) is 3.14. The molecule has 0 saturated heterocycles. The Kier molecular flexibility index (Phi) is 2.46. The van der Waals surface area contributed by atoms with Crippen LogP contribution in [0.15, 0.2) is 23.1 Å². The zero-order valence-electron chi connectivity index (χ0n) is 5.25. The minimum Gasteiger partial charge on any atom is -0.227 e. The average Bonchev–Trinajstić information content (AvgIpc) is 1.85. The SMILES string of the molecule is O=[SH](=O)c1ccc(F)cc1Cl. The lowest BCUT2D eigenvalue weighted by atomic mass is 10.3. The summed E-state index contributed by atoms with van der Waals surface area (Å²) in [6.45, 7) is 0. The van der Waals surface area contributed by atoms with Crippen molar-refractivity contribution < 1.29 is 12.8 Å². The van der Waals surface area contributed by atoms with E-state index in [9.17, 15) is 12.8 Å². The molecule has 1 aromatic carbocycles. The first-order chi connectivity index (χ1) is 5.11. The topological polar surface area (TPSA) is 34.1 Å². The first kappa shape index (κ1) is 8.49. The highest BCUT2D eigenvalue weighted by Crippen LogP contribution is 2.17. The number of halogens is 2.